The molecule has 27 heavy (non-hydrogen) atoms. The van der Waals surface area contributed by atoms with E-state index in [0.717, 1.165) is 10.6 Å². The number of carbonyl (C=O) groups excluding carboxylic acids is 2. The first kappa shape index (κ1) is 21.0. The Morgan fingerprint density at radius 1 is 1.11 bits per heavy atom. The lowest BCUT2D eigenvalue weighted by molar-refractivity contribution is -0.120. The van der Waals surface area contributed by atoms with Crippen molar-refractivity contribution < 1.29 is 14.0 Å². The summed E-state index contributed by atoms with van der Waals surface area (Å²) in [7, 11) is 0. The summed E-state index contributed by atoms with van der Waals surface area (Å²) >= 11 is 1.43. The van der Waals surface area contributed by atoms with Crippen LogP contribution in [0.1, 0.15) is 33.3 Å². The van der Waals surface area contributed by atoms with E-state index in [1.54, 1.807) is 30.3 Å². The van der Waals surface area contributed by atoms with E-state index in [2.05, 4.69) is 10.6 Å². The van der Waals surface area contributed by atoms with E-state index < -0.39 is 5.41 Å². The molecule has 144 valence electrons. The SMILES string of the molecule is CC(=O)Nc1ccc(SC(C)C(=O)NCC(C)(C)c2ccccc2F)cc1. The molecule has 2 aromatic carbocycles. The number of halogens is 1. The van der Waals surface area contributed by atoms with Crippen molar-refractivity contribution in [3.63, 3.8) is 0 Å². The summed E-state index contributed by atoms with van der Waals surface area (Å²) in [6.07, 6.45) is 0. The Hall–Kier alpha value is -2.34. The van der Waals surface area contributed by atoms with Crippen LogP contribution in [0.2, 0.25) is 0 Å². The molecule has 1 atom stereocenters. The van der Waals surface area contributed by atoms with Crippen molar-refractivity contribution in [2.24, 2.45) is 0 Å². The minimum absolute atomic E-state index is 0.102. The number of carbonyl (C=O) groups is 2. The van der Waals surface area contributed by atoms with Gasteiger partial charge in [0, 0.05) is 29.5 Å². The third-order valence-corrected chi connectivity index (χ3v) is 5.28. The van der Waals surface area contributed by atoms with E-state index in [0.29, 0.717) is 12.1 Å². The summed E-state index contributed by atoms with van der Waals surface area (Å²) in [4.78, 5) is 24.4. The summed E-state index contributed by atoms with van der Waals surface area (Å²) in [6, 6.07) is 14.0. The van der Waals surface area contributed by atoms with Gasteiger partial charge in [-0.3, -0.25) is 9.59 Å². The number of nitrogens with one attached hydrogen (secondary N) is 2. The molecule has 0 spiro atoms. The monoisotopic (exact) mass is 388 g/mol. The number of benzene rings is 2. The van der Waals surface area contributed by atoms with Crippen LogP contribution in [0.5, 0.6) is 0 Å². The van der Waals surface area contributed by atoms with Crippen molar-refractivity contribution in [3.8, 4) is 0 Å². The zero-order valence-electron chi connectivity index (χ0n) is 16.0. The first-order valence-electron chi connectivity index (χ1n) is 8.76. The highest BCUT2D eigenvalue weighted by Crippen LogP contribution is 2.27. The van der Waals surface area contributed by atoms with E-state index in [1.807, 2.05) is 32.9 Å². The first-order chi connectivity index (χ1) is 12.7. The second-order valence-electron chi connectivity index (χ2n) is 7.05. The molecule has 0 aliphatic heterocycles. The van der Waals surface area contributed by atoms with E-state index in [1.165, 1.54) is 24.8 Å². The molecule has 2 amide bonds. The van der Waals surface area contributed by atoms with Crippen molar-refractivity contribution in [1.29, 1.82) is 0 Å². The Kier molecular flexibility index (Phi) is 7.02. The van der Waals surface area contributed by atoms with Crippen molar-refractivity contribution in [2.75, 3.05) is 11.9 Å². The highest BCUT2D eigenvalue weighted by Gasteiger charge is 2.25. The van der Waals surface area contributed by atoms with Crippen LogP contribution in [0.3, 0.4) is 0 Å². The van der Waals surface area contributed by atoms with Crippen molar-refractivity contribution in [3.05, 3.63) is 59.9 Å². The molecule has 6 heteroatoms. The van der Waals surface area contributed by atoms with Gasteiger partial charge in [-0.25, -0.2) is 4.39 Å². The largest absolute Gasteiger partial charge is 0.354 e. The van der Waals surface area contributed by atoms with Crippen LogP contribution in [0.4, 0.5) is 10.1 Å². The van der Waals surface area contributed by atoms with Gasteiger partial charge in [-0.1, -0.05) is 32.0 Å². The molecule has 2 aromatic rings. The number of amides is 2. The predicted molar refractivity (Wildman–Crippen MR) is 109 cm³/mol. The maximum absolute atomic E-state index is 14.0. The summed E-state index contributed by atoms with van der Waals surface area (Å²) < 4.78 is 14.0. The van der Waals surface area contributed by atoms with Gasteiger partial charge in [-0.15, -0.1) is 11.8 Å². The fourth-order valence-corrected chi connectivity index (χ4v) is 3.53. The van der Waals surface area contributed by atoms with E-state index in [9.17, 15) is 14.0 Å². The molecule has 0 aliphatic carbocycles. The lowest BCUT2D eigenvalue weighted by Crippen LogP contribution is -2.40. The first-order valence-corrected chi connectivity index (χ1v) is 9.64. The quantitative estimate of drug-likeness (QED) is 0.693. The van der Waals surface area contributed by atoms with Gasteiger partial charge in [-0.05, 0) is 42.8 Å². The Balaban J connectivity index is 1.91. The molecule has 0 radical (unpaired) electrons. The number of rotatable bonds is 7. The number of hydrogen-bond acceptors (Lipinski definition) is 3. The molecule has 0 fully saturated rings. The van der Waals surface area contributed by atoms with E-state index in [4.69, 9.17) is 0 Å². The number of anilines is 1. The summed E-state index contributed by atoms with van der Waals surface area (Å²) in [5.41, 5.74) is 0.792. The molecular weight excluding hydrogens is 363 g/mol. The van der Waals surface area contributed by atoms with Crippen LogP contribution < -0.4 is 10.6 Å². The minimum atomic E-state index is -0.509. The molecule has 1 unspecified atom stereocenters. The van der Waals surface area contributed by atoms with Gasteiger partial charge < -0.3 is 10.6 Å². The van der Waals surface area contributed by atoms with Gasteiger partial charge in [0.2, 0.25) is 11.8 Å². The average Bonchev–Trinajstić information content (AvgIpc) is 2.61. The normalized spacial score (nSPS) is 12.3. The summed E-state index contributed by atoms with van der Waals surface area (Å²) in [5, 5.41) is 5.33. The fraction of sp³-hybridized carbons (Fsp3) is 0.333. The molecule has 0 aromatic heterocycles. The molecule has 0 bridgehead atoms. The maximum atomic E-state index is 14.0. The van der Waals surface area contributed by atoms with Gasteiger partial charge in [0.25, 0.3) is 0 Å². The molecule has 0 aliphatic rings. The zero-order valence-corrected chi connectivity index (χ0v) is 16.8. The van der Waals surface area contributed by atoms with Crippen molar-refractivity contribution in [1.82, 2.24) is 5.32 Å². The molecule has 4 nitrogen and oxygen atoms in total. The lowest BCUT2D eigenvalue weighted by Gasteiger charge is -2.26. The van der Waals surface area contributed by atoms with Crippen LogP contribution >= 0.6 is 11.8 Å². The molecule has 2 N–H and O–H groups in total. The molecular formula is C21H25FN2O2S. The Bertz CT molecular complexity index is 806. The van der Waals surface area contributed by atoms with Crippen LogP contribution in [0.25, 0.3) is 0 Å². The third-order valence-electron chi connectivity index (χ3n) is 4.16. The van der Waals surface area contributed by atoms with Crippen LogP contribution in [-0.4, -0.2) is 23.6 Å². The Labute approximate surface area is 163 Å². The van der Waals surface area contributed by atoms with Gasteiger partial charge in [0.1, 0.15) is 5.82 Å². The van der Waals surface area contributed by atoms with Crippen LogP contribution in [0, 0.1) is 5.82 Å². The Morgan fingerprint density at radius 3 is 2.33 bits per heavy atom. The van der Waals surface area contributed by atoms with Gasteiger partial charge in [0.05, 0.1) is 5.25 Å². The van der Waals surface area contributed by atoms with Crippen molar-refractivity contribution in [2.45, 2.75) is 43.3 Å². The maximum Gasteiger partial charge on any atom is 0.233 e. The second-order valence-corrected chi connectivity index (χ2v) is 8.46. The summed E-state index contributed by atoms with van der Waals surface area (Å²) in [6.45, 7) is 7.45. The highest BCUT2D eigenvalue weighted by atomic mass is 32.2. The molecule has 0 saturated heterocycles. The highest BCUT2D eigenvalue weighted by molar-refractivity contribution is 8.00. The Morgan fingerprint density at radius 2 is 1.74 bits per heavy atom. The van der Waals surface area contributed by atoms with Gasteiger partial charge in [-0.2, -0.15) is 0 Å². The average molecular weight is 389 g/mol. The van der Waals surface area contributed by atoms with Crippen molar-refractivity contribution >= 4 is 29.3 Å². The predicted octanol–water partition coefficient (Wildman–Crippen LogP) is 4.36. The third kappa shape index (κ3) is 6.10. The van der Waals surface area contributed by atoms with E-state index in [-0.39, 0.29) is 22.9 Å². The lowest BCUT2D eigenvalue weighted by atomic mass is 9.84. The van der Waals surface area contributed by atoms with Crippen LogP contribution in [-0.2, 0) is 15.0 Å². The van der Waals surface area contributed by atoms with Crippen LogP contribution in [0.15, 0.2) is 53.4 Å². The fourth-order valence-electron chi connectivity index (χ4n) is 2.63. The number of thioether (sulfide) groups is 1. The molecule has 0 heterocycles. The molecule has 2 rings (SSSR count). The minimum Gasteiger partial charge on any atom is -0.354 e. The van der Waals surface area contributed by atoms with Gasteiger partial charge in [0.15, 0.2) is 0 Å². The molecule has 0 saturated carbocycles. The topological polar surface area (TPSA) is 58.2 Å². The van der Waals surface area contributed by atoms with Gasteiger partial charge >= 0.3 is 0 Å². The zero-order chi connectivity index (χ0) is 20.0. The smallest absolute Gasteiger partial charge is 0.233 e. The number of hydrogen-bond donors (Lipinski definition) is 2. The standard InChI is InChI=1S/C21H25FN2O2S/c1-14(27-17-11-9-16(10-12-17)24-15(2)25)20(26)23-13-21(3,4)18-7-5-6-8-19(18)22/h5-12,14H,13H2,1-4H3,(H,23,26)(H,24,25). The second kappa shape index (κ2) is 9.04. The summed E-state index contributed by atoms with van der Waals surface area (Å²) in [5.74, 6) is -0.491. The van der Waals surface area contributed by atoms with E-state index >= 15 is 0 Å².